The molecule has 6 heteroatoms. The molecule has 0 spiro atoms. The molecule has 0 saturated heterocycles. The van der Waals surface area contributed by atoms with Crippen molar-refractivity contribution in [2.24, 2.45) is 0 Å². The van der Waals surface area contributed by atoms with Crippen LogP contribution in [0.4, 0.5) is 11.6 Å². The Hall–Kier alpha value is -1.33. The molecule has 2 rings (SSSR count). The van der Waals surface area contributed by atoms with Crippen molar-refractivity contribution in [2.45, 2.75) is 33.2 Å². The van der Waals surface area contributed by atoms with Gasteiger partial charge in [0.25, 0.3) is 0 Å². The monoisotopic (exact) mass is 310 g/mol. The number of nitrogens with zero attached hydrogens (tertiary/aromatic N) is 2. The second-order valence-corrected chi connectivity index (χ2v) is 6.54. The molecule has 108 valence electrons. The van der Waals surface area contributed by atoms with Gasteiger partial charge >= 0.3 is 0 Å². The summed E-state index contributed by atoms with van der Waals surface area (Å²) in [5.41, 5.74) is 0. The first-order valence-electron chi connectivity index (χ1n) is 6.69. The molecule has 0 aliphatic rings. The van der Waals surface area contributed by atoms with E-state index in [0.29, 0.717) is 5.92 Å². The van der Waals surface area contributed by atoms with Crippen molar-refractivity contribution in [1.82, 2.24) is 9.97 Å². The SMILES string of the molecule is CCNc1cc(NCc2ccc(Cl)s2)nc(C(C)C)n1. The summed E-state index contributed by atoms with van der Waals surface area (Å²) in [6.45, 7) is 7.80. The van der Waals surface area contributed by atoms with Gasteiger partial charge in [-0.2, -0.15) is 0 Å². The van der Waals surface area contributed by atoms with Crippen LogP contribution in [0.15, 0.2) is 18.2 Å². The molecule has 20 heavy (non-hydrogen) atoms. The predicted molar refractivity (Wildman–Crippen MR) is 86.9 cm³/mol. The van der Waals surface area contributed by atoms with Crippen molar-refractivity contribution in [3.05, 3.63) is 33.2 Å². The molecule has 0 radical (unpaired) electrons. The largest absolute Gasteiger partial charge is 0.370 e. The topological polar surface area (TPSA) is 49.8 Å². The quantitative estimate of drug-likeness (QED) is 0.832. The zero-order valence-electron chi connectivity index (χ0n) is 11.9. The van der Waals surface area contributed by atoms with E-state index in [2.05, 4.69) is 41.4 Å². The Morgan fingerprint density at radius 3 is 2.45 bits per heavy atom. The normalized spacial score (nSPS) is 10.8. The van der Waals surface area contributed by atoms with Crippen molar-refractivity contribution in [3.8, 4) is 0 Å². The van der Waals surface area contributed by atoms with Gasteiger partial charge in [0, 0.05) is 23.4 Å². The molecule has 0 aliphatic heterocycles. The van der Waals surface area contributed by atoms with Crippen molar-refractivity contribution in [3.63, 3.8) is 0 Å². The number of hydrogen-bond acceptors (Lipinski definition) is 5. The van der Waals surface area contributed by atoms with Crippen LogP contribution < -0.4 is 10.6 Å². The highest BCUT2D eigenvalue weighted by atomic mass is 35.5. The minimum absolute atomic E-state index is 0.297. The molecule has 0 atom stereocenters. The van der Waals surface area contributed by atoms with Crippen LogP contribution in [0.5, 0.6) is 0 Å². The number of thiophene rings is 1. The van der Waals surface area contributed by atoms with Crippen LogP contribution >= 0.6 is 22.9 Å². The lowest BCUT2D eigenvalue weighted by molar-refractivity contribution is 0.775. The fourth-order valence-corrected chi connectivity index (χ4v) is 2.74. The van der Waals surface area contributed by atoms with E-state index in [1.54, 1.807) is 11.3 Å². The molecule has 2 N–H and O–H groups in total. The van der Waals surface area contributed by atoms with Gasteiger partial charge in [-0.1, -0.05) is 25.4 Å². The summed E-state index contributed by atoms with van der Waals surface area (Å²) in [6, 6.07) is 5.87. The number of halogens is 1. The highest BCUT2D eigenvalue weighted by molar-refractivity contribution is 7.16. The number of anilines is 2. The van der Waals surface area contributed by atoms with Gasteiger partial charge in [0.2, 0.25) is 0 Å². The van der Waals surface area contributed by atoms with E-state index in [1.807, 2.05) is 18.2 Å². The Bertz CT molecular complexity index is 568. The van der Waals surface area contributed by atoms with Crippen LogP contribution in [0.2, 0.25) is 4.34 Å². The van der Waals surface area contributed by atoms with E-state index in [9.17, 15) is 0 Å². The van der Waals surface area contributed by atoms with Crippen molar-refractivity contribution in [1.29, 1.82) is 0 Å². The van der Waals surface area contributed by atoms with Crippen LogP contribution in [0, 0.1) is 0 Å². The second-order valence-electron chi connectivity index (χ2n) is 4.74. The third kappa shape index (κ3) is 4.08. The van der Waals surface area contributed by atoms with E-state index in [-0.39, 0.29) is 0 Å². The fraction of sp³-hybridized carbons (Fsp3) is 0.429. The lowest BCUT2D eigenvalue weighted by Gasteiger charge is -2.11. The number of nitrogens with one attached hydrogen (secondary N) is 2. The number of rotatable bonds is 6. The summed E-state index contributed by atoms with van der Waals surface area (Å²) in [5, 5.41) is 6.56. The summed E-state index contributed by atoms with van der Waals surface area (Å²) in [6.07, 6.45) is 0. The zero-order chi connectivity index (χ0) is 14.5. The van der Waals surface area contributed by atoms with Gasteiger partial charge < -0.3 is 10.6 Å². The Balaban J connectivity index is 2.13. The summed E-state index contributed by atoms with van der Waals surface area (Å²) >= 11 is 7.51. The smallest absolute Gasteiger partial charge is 0.135 e. The maximum absolute atomic E-state index is 5.93. The minimum Gasteiger partial charge on any atom is -0.370 e. The van der Waals surface area contributed by atoms with E-state index in [0.717, 1.165) is 34.9 Å². The van der Waals surface area contributed by atoms with E-state index in [4.69, 9.17) is 11.6 Å². The molecule has 2 aromatic rings. The zero-order valence-corrected chi connectivity index (χ0v) is 13.5. The van der Waals surface area contributed by atoms with Gasteiger partial charge in [-0.15, -0.1) is 11.3 Å². The average molecular weight is 311 g/mol. The Morgan fingerprint density at radius 1 is 1.20 bits per heavy atom. The van der Waals surface area contributed by atoms with E-state index < -0.39 is 0 Å². The molecular formula is C14H19ClN4S. The molecule has 0 aromatic carbocycles. The van der Waals surface area contributed by atoms with Crippen LogP contribution in [0.25, 0.3) is 0 Å². The molecule has 0 unspecified atom stereocenters. The molecule has 0 amide bonds. The second kappa shape index (κ2) is 6.90. The molecule has 0 fully saturated rings. The predicted octanol–water partition coefficient (Wildman–Crippen LogP) is 4.36. The van der Waals surface area contributed by atoms with Gasteiger partial charge in [-0.25, -0.2) is 9.97 Å². The van der Waals surface area contributed by atoms with Crippen LogP contribution in [-0.4, -0.2) is 16.5 Å². The molecule has 0 saturated carbocycles. The number of aromatic nitrogens is 2. The Morgan fingerprint density at radius 2 is 1.90 bits per heavy atom. The average Bonchev–Trinajstić information content (AvgIpc) is 2.82. The third-order valence-corrected chi connectivity index (χ3v) is 3.92. The molecule has 0 bridgehead atoms. The fourth-order valence-electron chi connectivity index (χ4n) is 1.71. The third-order valence-electron chi connectivity index (χ3n) is 2.69. The minimum atomic E-state index is 0.297. The summed E-state index contributed by atoms with van der Waals surface area (Å²) < 4.78 is 0.806. The van der Waals surface area contributed by atoms with E-state index >= 15 is 0 Å². The highest BCUT2D eigenvalue weighted by Gasteiger charge is 2.08. The molecule has 2 heterocycles. The Labute approximate surface area is 128 Å². The molecule has 4 nitrogen and oxygen atoms in total. The Kier molecular flexibility index (Phi) is 5.20. The van der Waals surface area contributed by atoms with E-state index in [1.165, 1.54) is 4.88 Å². The van der Waals surface area contributed by atoms with Gasteiger partial charge in [0.1, 0.15) is 17.5 Å². The van der Waals surface area contributed by atoms with Crippen LogP contribution in [0.3, 0.4) is 0 Å². The van der Waals surface area contributed by atoms with Crippen molar-refractivity contribution < 1.29 is 0 Å². The summed E-state index contributed by atoms with van der Waals surface area (Å²) in [4.78, 5) is 10.2. The maximum atomic E-state index is 5.93. The summed E-state index contributed by atoms with van der Waals surface area (Å²) in [7, 11) is 0. The standard InChI is InChI=1S/C14H19ClN4S/c1-4-16-12-7-13(19-14(18-12)9(2)3)17-8-10-5-6-11(15)20-10/h5-7,9H,4,8H2,1-3H3,(H2,16,17,18,19). The first-order valence-corrected chi connectivity index (χ1v) is 7.89. The maximum Gasteiger partial charge on any atom is 0.135 e. The number of hydrogen-bond donors (Lipinski definition) is 2. The molecule has 2 aromatic heterocycles. The molecule has 0 aliphatic carbocycles. The van der Waals surface area contributed by atoms with Gasteiger partial charge in [-0.3, -0.25) is 0 Å². The molecular weight excluding hydrogens is 292 g/mol. The van der Waals surface area contributed by atoms with Crippen LogP contribution in [0.1, 0.15) is 37.4 Å². The van der Waals surface area contributed by atoms with Crippen molar-refractivity contribution in [2.75, 3.05) is 17.2 Å². The first kappa shape index (κ1) is 15.1. The summed E-state index contributed by atoms with van der Waals surface area (Å²) in [5.74, 6) is 2.84. The van der Waals surface area contributed by atoms with Gasteiger partial charge in [0.05, 0.1) is 10.9 Å². The van der Waals surface area contributed by atoms with Gasteiger partial charge in [0.15, 0.2) is 0 Å². The first-order chi connectivity index (χ1) is 9.58. The highest BCUT2D eigenvalue weighted by Crippen LogP contribution is 2.23. The lowest BCUT2D eigenvalue weighted by atomic mass is 10.2. The lowest BCUT2D eigenvalue weighted by Crippen LogP contribution is -2.08. The van der Waals surface area contributed by atoms with Crippen LogP contribution in [-0.2, 0) is 6.54 Å². The van der Waals surface area contributed by atoms with Crippen molar-refractivity contribution >= 4 is 34.6 Å². The van der Waals surface area contributed by atoms with Gasteiger partial charge in [-0.05, 0) is 19.1 Å².